The van der Waals surface area contributed by atoms with E-state index in [1.54, 1.807) is 0 Å². The molecule has 0 rings (SSSR count). The van der Waals surface area contributed by atoms with E-state index in [1.165, 1.54) is 0 Å². The van der Waals surface area contributed by atoms with Gasteiger partial charge in [0.1, 0.15) is 0 Å². The second-order valence-corrected chi connectivity index (χ2v) is 0. The van der Waals surface area contributed by atoms with Gasteiger partial charge in [0.2, 0.25) is 0 Å². The van der Waals surface area contributed by atoms with Crippen LogP contribution in [0.1, 0.15) is 0 Å². The van der Waals surface area contributed by atoms with E-state index in [9.17, 15) is 0 Å². The van der Waals surface area contributed by atoms with Gasteiger partial charge in [0, 0.05) is 17.4 Å². The fourth-order valence-corrected chi connectivity index (χ4v) is 0. The van der Waals surface area contributed by atoms with Gasteiger partial charge in [-0.05, 0) is 0 Å². The van der Waals surface area contributed by atoms with Crippen molar-refractivity contribution < 1.29 is 22.0 Å². The number of hydrogen-bond acceptors (Lipinski definition) is 1. The van der Waals surface area contributed by atoms with Crippen LogP contribution in [0, 0.1) is 0 Å². The monoisotopic (exact) mass is 128 g/mol. The Morgan fingerprint density at radius 1 is 1.25 bits per heavy atom. The van der Waals surface area contributed by atoms with Crippen molar-refractivity contribution in [1.82, 2.24) is 0 Å². The molecule has 0 amide bonds. The van der Waals surface area contributed by atoms with Gasteiger partial charge in [0.25, 0.3) is 0 Å². The first-order valence-corrected chi connectivity index (χ1v) is 0.507. The van der Waals surface area contributed by atoms with Gasteiger partial charge in [-0.25, -0.2) is 0 Å². The van der Waals surface area contributed by atoms with E-state index in [4.69, 9.17) is 4.66 Å². The van der Waals surface area contributed by atoms with Crippen molar-refractivity contribution in [2.24, 2.45) is 0 Å². The molecule has 0 saturated heterocycles. The van der Waals surface area contributed by atoms with Crippen LogP contribution < -0.4 is 0 Å². The molecule has 4 heteroatoms. The average molecular weight is 128 g/mol. The van der Waals surface area contributed by atoms with Crippen LogP contribution in [-0.4, -0.2) is 34.2 Å². The third kappa shape index (κ3) is 9.22. The van der Waals surface area contributed by atoms with Crippen LogP contribution in [0.4, 0.5) is 0 Å². The fraction of sp³-hybridized carbons (Fsp3) is 0. The summed E-state index contributed by atoms with van der Waals surface area (Å²) >= 11 is 3.64. The molecular weight excluding hydrogens is 126 g/mol. The van der Waals surface area contributed by atoms with E-state index in [0.29, 0.717) is 0 Å². The molecule has 22 valence electrons. The summed E-state index contributed by atoms with van der Waals surface area (Å²) in [7, 11) is 0. The minimum atomic E-state index is 0. The van der Waals surface area contributed by atoms with Gasteiger partial charge < -0.3 is 0 Å². The molecule has 0 bridgehead atoms. The molecule has 1 N–H and O–H groups in total. The Hall–Kier alpha value is 1.78. The number of rotatable bonds is 0. The Kier molecular flexibility index (Phi) is 92.0. The summed E-state index contributed by atoms with van der Waals surface area (Å²) in [5.74, 6) is 0. The molecule has 1 nitrogen and oxygen atoms in total. The molecule has 0 aromatic carbocycles. The number of halogens is 1. The van der Waals surface area contributed by atoms with Crippen LogP contribution in [0.3, 0.4) is 0 Å². The van der Waals surface area contributed by atoms with E-state index in [2.05, 4.69) is 11.9 Å². The van der Waals surface area contributed by atoms with Crippen molar-refractivity contribution in [3.8, 4) is 0 Å². The van der Waals surface area contributed by atoms with Gasteiger partial charge in [0.05, 0.1) is 11.9 Å². The van der Waals surface area contributed by atoms with Gasteiger partial charge in [-0.2, -0.15) is 0 Å². The summed E-state index contributed by atoms with van der Waals surface area (Å²) < 4.78 is 6.47. The first-order chi connectivity index (χ1) is 1.00. The molecule has 0 unspecified atom stereocenters. The molecule has 0 aliphatic heterocycles. The molecule has 0 aliphatic rings. The molecule has 0 fully saturated rings. The standard InChI is InChI=1S/ClHO.Cr.Na.H/c1-2;;;/h2H;;;. The topological polar surface area (TPSA) is 20.2 Å². The Bertz CT molecular complexity index is 8.00. The summed E-state index contributed by atoms with van der Waals surface area (Å²) in [6.07, 6.45) is 0. The molecule has 0 radical (unpaired) electrons. The van der Waals surface area contributed by atoms with E-state index < -0.39 is 0 Å². The van der Waals surface area contributed by atoms with E-state index in [-0.39, 0.29) is 46.9 Å². The summed E-state index contributed by atoms with van der Waals surface area (Å²) in [5, 5.41) is 0. The second-order valence-electron chi connectivity index (χ2n) is 0. The number of hydrogen-bond donors (Lipinski definition) is 1. The van der Waals surface area contributed by atoms with E-state index in [1.807, 2.05) is 0 Å². The predicted molar refractivity (Wildman–Crippen MR) is 15.2 cm³/mol. The first kappa shape index (κ1) is 17.1. The first-order valence-electron chi connectivity index (χ1n) is 0.169. The van der Waals surface area contributed by atoms with Gasteiger partial charge in [-0.3, -0.25) is 4.66 Å². The Balaban J connectivity index is -0.00000000500. The predicted octanol–water partition coefficient (Wildman–Crippen LogP) is -0.518. The van der Waals surface area contributed by atoms with Crippen LogP contribution in [-0.2, 0) is 17.4 Å². The molecule has 0 saturated carbocycles. The Morgan fingerprint density at radius 2 is 1.25 bits per heavy atom. The van der Waals surface area contributed by atoms with Crippen molar-refractivity contribution in [3.63, 3.8) is 0 Å². The maximum atomic E-state index is 6.47. The van der Waals surface area contributed by atoms with E-state index in [0.717, 1.165) is 0 Å². The van der Waals surface area contributed by atoms with Crippen LogP contribution in [0.15, 0.2) is 0 Å². The third-order valence-electron chi connectivity index (χ3n) is 0. The summed E-state index contributed by atoms with van der Waals surface area (Å²) in [5.41, 5.74) is 0. The molecule has 0 heterocycles. The van der Waals surface area contributed by atoms with Crippen LogP contribution in [0.5, 0.6) is 0 Å². The van der Waals surface area contributed by atoms with Gasteiger partial charge in [0.15, 0.2) is 0 Å². The molecule has 4 heavy (non-hydrogen) atoms. The van der Waals surface area contributed by atoms with E-state index >= 15 is 0 Å². The van der Waals surface area contributed by atoms with Gasteiger partial charge in [-0.1, -0.05) is 0 Å². The Labute approximate surface area is 62.9 Å². The quantitative estimate of drug-likeness (QED) is 0.436. The molecule has 0 aromatic rings. The SMILES string of the molecule is OCl.[Cr].[NaH]. The zero-order valence-electron chi connectivity index (χ0n) is 1.23. The van der Waals surface area contributed by atoms with Crippen molar-refractivity contribution in [1.29, 1.82) is 0 Å². The van der Waals surface area contributed by atoms with Gasteiger partial charge >= 0.3 is 29.6 Å². The zero-order valence-corrected chi connectivity index (χ0v) is 3.26. The van der Waals surface area contributed by atoms with Gasteiger partial charge in [-0.15, -0.1) is 0 Å². The maximum absolute atomic E-state index is 6.47. The molecule has 0 aliphatic carbocycles. The van der Waals surface area contributed by atoms with Crippen molar-refractivity contribution in [2.75, 3.05) is 0 Å². The summed E-state index contributed by atoms with van der Waals surface area (Å²) in [4.78, 5) is 0. The normalized spacial score (nSPS) is 1.50. The molecule has 0 aromatic heterocycles. The van der Waals surface area contributed by atoms with Crippen LogP contribution in [0.25, 0.3) is 0 Å². The van der Waals surface area contributed by atoms with Crippen molar-refractivity contribution in [3.05, 3.63) is 0 Å². The second kappa shape index (κ2) is 21.5. The minimum absolute atomic E-state index is 0. The van der Waals surface area contributed by atoms with Crippen molar-refractivity contribution >= 4 is 41.4 Å². The summed E-state index contributed by atoms with van der Waals surface area (Å²) in [6.45, 7) is 0. The average Bonchev–Trinajstić information content (AvgIpc) is 1.00. The molecule has 0 spiro atoms. The van der Waals surface area contributed by atoms with Crippen molar-refractivity contribution in [2.45, 2.75) is 0 Å². The zero-order chi connectivity index (χ0) is 2.00. The van der Waals surface area contributed by atoms with Crippen LogP contribution >= 0.6 is 11.9 Å². The summed E-state index contributed by atoms with van der Waals surface area (Å²) in [6, 6.07) is 0. The molecule has 0 atom stereocenters. The fourth-order valence-electron chi connectivity index (χ4n) is 0. The van der Waals surface area contributed by atoms with Crippen LogP contribution in [0.2, 0.25) is 0 Å². The molecular formula is H2ClCrNaO. The third-order valence-corrected chi connectivity index (χ3v) is 0. The Morgan fingerprint density at radius 3 is 1.25 bits per heavy atom.